The highest BCUT2D eigenvalue weighted by atomic mass is 35.5. The van der Waals surface area contributed by atoms with Crippen LogP contribution in [-0.4, -0.2) is 9.55 Å². The highest BCUT2D eigenvalue weighted by molar-refractivity contribution is 6.16. The molecule has 1 heterocycles. The van der Waals surface area contributed by atoms with E-state index in [-0.39, 0.29) is 0 Å². The van der Waals surface area contributed by atoms with Crippen LogP contribution in [0, 0.1) is 0 Å². The molecule has 2 rings (SSSR count). The predicted molar refractivity (Wildman–Crippen MR) is 129 cm³/mol. The van der Waals surface area contributed by atoms with E-state index < -0.39 is 0 Å². The summed E-state index contributed by atoms with van der Waals surface area (Å²) in [6.45, 7) is 3.34. The minimum Gasteiger partial charge on any atom is -0.327 e. The average molecular weight is 419 g/mol. The third kappa shape index (κ3) is 9.55. The van der Waals surface area contributed by atoms with Crippen molar-refractivity contribution in [1.82, 2.24) is 9.55 Å². The maximum atomic E-state index is 6.10. The molecule has 0 N–H and O–H groups in total. The molecule has 0 spiro atoms. The summed E-state index contributed by atoms with van der Waals surface area (Å²) in [5.74, 6) is 1.50. The highest BCUT2D eigenvalue weighted by Gasteiger charge is 2.08. The van der Waals surface area contributed by atoms with Crippen molar-refractivity contribution in [2.75, 3.05) is 0 Å². The van der Waals surface area contributed by atoms with E-state index in [1.165, 1.54) is 108 Å². The monoisotopic (exact) mass is 418 g/mol. The van der Waals surface area contributed by atoms with Crippen molar-refractivity contribution >= 4 is 22.6 Å². The van der Waals surface area contributed by atoms with Gasteiger partial charge in [-0.2, -0.15) is 0 Å². The Morgan fingerprint density at radius 3 is 1.69 bits per heavy atom. The zero-order valence-corrected chi connectivity index (χ0v) is 19.6. The van der Waals surface area contributed by atoms with Crippen molar-refractivity contribution in [3.05, 3.63) is 30.1 Å². The SMILES string of the molecule is CCCCCCCCCCCCCCCCCCn1c(CCl)nc2ccccc21. The zero-order chi connectivity index (χ0) is 20.6. The number of halogens is 1. The van der Waals surface area contributed by atoms with Crippen LogP contribution < -0.4 is 0 Å². The summed E-state index contributed by atoms with van der Waals surface area (Å²) in [5.41, 5.74) is 2.30. The first-order valence-corrected chi connectivity index (χ1v) is 12.9. The molecule has 29 heavy (non-hydrogen) atoms. The number of hydrogen-bond acceptors (Lipinski definition) is 1. The Bertz CT molecular complexity index is 649. The van der Waals surface area contributed by atoms with Crippen LogP contribution in [0.15, 0.2) is 24.3 Å². The Kier molecular flexibility index (Phi) is 13.2. The van der Waals surface area contributed by atoms with E-state index >= 15 is 0 Å². The van der Waals surface area contributed by atoms with E-state index in [0.717, 1.165) is 17.9 Å². The smallest absolute Gasteiger partial charge is 0.124 e. The lowest BCUT2D eigenvalue weighted by atomic mass is 10.0. The number of fused-ring (bicyclic) bond motifs is 1. The summed E-state index contributed by atoms with van der Waals surface area (Å²) in [5, 5.41) is 0. The zero-order valence-electron chi connectivity index (χ0n) is 18.8. The van der Waals surface area contributed by atoms with E-state index in [1.54, 1.807) is 0 Å². The van der Waals surface area contributed by atoms with Crippen LogP contribution in [-0.2, 0) is 12.4 Å². The third-order valence-corrected chi connectivity index (χ3v) is 6.33. The minimum absolute atomic E-state index is 0.494. The molecular formula is C26H43ClN2. The van der Waals surface area contributed by atoms with E-state index in [9.17, 15) is 0 Å². The number of rotatable bonds is 18. The fourth-order valence-corrected chi connectivity index (χ4v) is 4.50. The molecule has 0 aliphatic rings. The number of para-hydroxylation sites is 2. The van der Waals surface area contributed by atoms with Gasteiger partial charge in [-0.3, -0.25) is 0 Å². The summed E-state index contributed by atoms with van der Waals surface area (Å²) < 4.78 is 2.31. The van der Waals surface area contributed by atoms with Gasteiger partial charge in [0.15, 0.2) is 0 Å². The first kappa shape index (κ1) is 24.3. The van der Waals surface area contributed by atoms with Gasteiger partial charge in [0, 0.05) is 6.54 Å². The molecule has 0 saturated carbocycles. The fraction of sp³-hybridized carbons (Fsp3) is 0.731. The Hall–Kier alpha value is -1.02. The van der Waals surface area contributed by atoms with Crippen molar-refractivity contribution in [2.45, 2.75) is 122 Å². The third-order valence-electron chi connectivity index (χ3n) is 6.09. The lowest BCUT2D eigenvalue weighted by Gasteiger charge is -2.08. The van der Waals surface area contributed by atoms with E-state index in [0.29, 0.717) is 5.88 Å². The summed E-state index contributed by atoms with van der Waals surface area (Å²) in [6, 6.07) is 8.37. The summed E-state index contributed by atoms with van der Waals surface area (Å²) >= 11 is 6.10. The number of nitrogens with zero attached hydrogens (tertiary/aromatic N) is 2. The van der Waals surface area contributed by atoms with E-state index in [1.807, 2.05) is 6.07 Å². The fourth-order valence-electron chi connectivity index (χ4n) is 4.29. The van der Waals surface area contributed by atoms with Gasteiger partial charge >= 0.3 is 0 Å². The van der Waals surface area contributed by atoms with Crippen molar-refractivity contribution in [3.8, 4) is 0 Å². The second-order valence-corrected chi connectivity index (χ2v) is 8.87. The molecule has 2 nitrogen and oxygen atoms in total. The van der Waals surface area contributed by atoms with Crippen LogP contribution in [0.2, 0.25) is 0 Å². The van der Waals surface area contributed by atoms with Crippen molar-refractivity contribution in [2.24, 2.45) is 0 Å². The topological polar surface area (TPSA) is 17.8 Å². The van der Waals surface area contributed by atoms with Gasteiger partial charge in [0.05, 0.1) is 16.9 Å². The van der Waals surface area contributed by atoms with Crippen LogP contribution in [0.25, 0.3) is 11.0 Å². The average Bonchev–Trinajstić information content (AvgIpc) is 3.11. The number of aromatic nitrogens is 2. The van der Waals surface area contributed by atoms with E-state index in [2.05, 4.69) is 34.7 Å². The van der Waals surface area contributed by atoms with Crippen molar-refractivity contribution in [1.29, 1.82) is 0 Å². The van der Waals surface area contributed by atoms with Gasteiger partial charge in [-0.1, -0.05) is 115 Å². The normalized spacial score (nSPS) is 11.5. The maximum absolute atomic E-state index is 6.10. The molecule has 0 saturated heterocycles. The van der Waals surface area contributed by atoms with Gasteiger partial charge in [-0.25, -0.2) is 4.98 Å². The van der Waals surface area contributed by atoms with Crippen LogP contribution in [0.4, 0.5) is 0 Å². The molecule has 1 aromatic heterocycles. The molecule has 0 fully saturated rings. The second-order valence-electron chi connectivity index (χ2n) is 8.61. The highest BCUT2D eigenvalue weighted by Crippen LogP contribution is 2.19. The predicted octanol–water partition coefficient (Wildman–Crippen LogP) is 9.04. The standard InChI is InChI=1S/C26H43ClN2/c1-2-3-4-5-6-7-8-9-10-11-12-13-14-15-16-19-22-29-25-21-18-17-20-24(25)28-26(29)23-27/h17-18,20-21H,2-16,19,22-23H2,1H3. The van der Waals surface area contributed by atoms with Gasteiger partial charge in [0.1, 0.15) is 5.82 Å². The van der Waals surface area contributed by atoms with Crippen LogP contribution in [0.1, 0.15) is 115 Å². The van der Waals surface area contributed by atoms with E-state index in [4.69, 9.17) is 11.6 Å². The number of unbranched alkanes of at least 4 members (excludes halogenated alkanes) is 15. The Morgan fingerprint density at radius 1 is 0.690 bits per heavy atom. The quantitative estimate of drug-likeness (QED) is 0.174. The second kappa shape index (κ2) is 15.8. The molecule has 164 valence electrons. The molecule has 0 bridgehead atoms. The lowest BCUT2D eigenvalue weighted by molar-refractivity contribution is 0.521. The number of aryl methyl sites for hydroxylation is 1. The molecule has 0 aliphatic carbocycles. The van der Waals surface area contributed by atoms with Gasteiger partial charge in [0.25, 0.3) is 0 Å². The number of hydrogen-bond donors (Lipinski definition) is 0. The Balaban J connectivity index is 1.42. The number of benzene rings is 1. The van der Waals surface area contributed by atoms with Crippen molar-refractivity contribution in [3.63, 3.8) is 0 Å². The van der Waals surface area contributed by atoms with Crippen LogP contribution in [0.3, 0.4) is 0 Å². The maximum Gasteiger partial charge on any atom is 0.124 e. The molecule has 0 unspecified atom stereocenters. The summed E-state index contributed by atoms with van der Waals surface area (Å²) in [4.78, 5) is 4.65. The van der Waals surface area contributed by atoms with Gasteiger partial charge in [0.2, 0.25) is 0 Å². The molecule has 0 aliphatic heterocycles. The molecule has 0 radical (unpaired) electrons. The van der Waals surface area contributed by atoms with Gasteiger partial charge < -0.3 is 4.57 Å². The number of alkyl halides is 1. The van der Waals surface area contributed by atoms with Gasteiger partial charge in [-0.05, 0) is 18.6 Å². The molecule has 1 aromatic carbocycles. The van der Waals surface area contributed by atoms with Gasteiger partial charge in [-0.15, -0.1) is 11.6 Å². The van der Waals surface area contributed by atoms with Crippen molar-refractivity contribution < 1.29 is 0 Å². The molecule has 2 aromatic rings. The van der Waals surface area contributed by atoms with Crippen LogP contribution in [0.5, 0.6) is 0 Å². The molecule has 0 atom stereocenters. The minimum atomic E-state index is 0.494. The molecule has 0 amide bonds. The Morgan fingerprint density at radius 2 is 1.17 bits per heavy atom. The van der Waals surface area contributed by atoms with Crippen LogP contribution >= 0.6 is 11.6 Å². The first-order valence-electron chi connectivity index (χ1n) is 12.4. The summed E-state index contributed by atoms with van der Waals surface area (Å²) in [7, 11) is 0. The molecular weight excluding hydrogens is 376 g/mol. The Labute approximate surface area is 184 Å². The largest absolute Gasteiger partial charge is 0.327 e. The number of imidazole rings is 1. The lowest BCUT2D eigenvalue weighted by Crippen LogP contribution is -2.02. The molecule has 3 heteroatoms. The first-order chi connectivity index (χ1) is 14.4. The summed E-state index contributed by atoms with van der Waals surface area (Å²) in [6.07, 6.45) is 22.5.